The van der Waals surface area contributed by atoms with E-state index in [9.17, 15) is 4.79 Å². The first-order chi connectivity index (χ1) is 18.3. The molecular formula is C28H30N8O. The summed E-state index contributed by atoms with van der Waals surface area (Å²) in [5.41, 5.74) is 1.02. The van der Waals surface area contributed by atoms with E-state index < -0.39 is 0 Å². The Morgan fingerprint density at radius 1 is 0.730 bits per heavy atom. The third-order valence-electron chi connectivity index (χ3n) is 7.22. The van der Waals surface area contributed by atoms with Gasteiger partial charge in [-0.1, -0.05) is 36.4 Å². The van der Waals surface area contributed by atoms with Crippen molar-refractivity contribution in [3.05, 3.63) is 79.3 Å². The lowest BCUT2D eigenvalue weighted by molar-refractivity contribution is -0.136. The average molecular weight is 495 g/mol. The molecule has 1 amide bonds. The number of piperazine rings is 1. The van der Waals surface area contributed by atoms with Gasteiger partial charge in [0, 0.05) is 63.4 Å². The smallest absolute Gasteiger partial charge is 0.227 e. The van der Waals surface area contributed by atoms with Crippen molar-refractivity contribution in [2.45, 2.75) is 12.8 Å². The van der Waals surface area contributed by atoms with E-state index in [0.717, 1.165) is 74.4 Å². The minimum atomic E-state index is -0.0186. The van der Waals surface area contributed by atoms with Gasteiger partial charge in [-0.3, -0.25) is 9.36 Å². The molecular weight excluding hydrogens is 464 g/mol. The Balaban J connectivity index is 1.10. The van der Waals surface area contributed by atoms with Crippen LogP contribution in [0.2, 0.25) is 0 Å². The molecule has 0 saturated carbocycles. The number of hydrogen-bond donors (Lipinski definition) is 0. The van der Waals surface area contributed by atoms with Gasteiger partial charge in [0.2, 0.25) is 5.91 Å². The van der Waals surface area contributed by atoms with Gasteiger partial charge in [-0.15, -0.1) is 10.2 Å². The second kappa shape index (κ2) is 10.4. The van der Waals surface area contributed by atoms with Crippen LogP contribution < -0.4 is 9.80 Å². The predicted octanol–water partition coefficient (Wildman–Crippen LogP) is 3.29. The number of pyridine rings is 1. The van der Waals surface area contributed by atoms with Crippen molar-refractivity contribution in [1.29, 1.82) is 0 Å². The summed E-state index contributed by atoms with van der Waals surface area (Å²) in [5, 5.41) is 9.04. The predicted molar refractivity (Wildman–Crippen MR) is 143 cm³/mol. The summed E-state index contributed by atoms with van der Waals surface area (Å²) in [6.07, 6.45) is 7.37. The van der Waals surface area contributed by atoms with Gasteiger partial charge in [-0.25, -0.2) is 9.97 Å². The largest absolute Gasteiger partial charge is 0.354 e. The molecule has 188 valence electrons. The standard InChI is InChI=1S/C28H30N8O/c37-28(34-19-17-33(18-20-34)24-10-4-5-13-29-24)23-9-6-15-35(21-23)25-11-12-26(32-31-25)36-16-14-30-27(36)22-7-2-1-3-8-22/h1-5,7-8,10-14,16,23H,6,9,15,17-21H2. The molecule has 2 aliphatic heterocycles. The van der Waals surface area contributed by atoms with Crippen LogP contribution >= 0.6 is 0 Å². The summed E-state index contributed by atoms with van der Waals surface area (Å²) in [6.45, 7) is 4.64. The molecule has 9 heteroatoms. The second-order valence-corrected chi connectivity index (χ2v) is 9.52. The van der Waals surface area contributed by atoms with Crippen molar-refractivity contribution < 1.29 is 4.79 Å². The molecule has 0 spiro atoms. The average Bonchev–Trinajstić information content (AvgIpc) is 3.48. The van der Waals surface area contributed by atoms with E-state index in [2.05, 4.69) is 30.0 Å². The van der Waals surface area contributed by atoms with E-state index in [4.69, 9.17) is 0 Å². The molecule has 2 saturated heterocycles. The van der Waals surface area contributed by atoms with E-state index in [-0.39, 0.29) is 11.8 Å². The van der Waals surface area contributed by atoms with Crippen LogP contribution in [0.1, 0.15) is 12.8 Å². The minimum Gasteiger partial charge on any atom is -0.354 e. The number of anilines is 2. The van der Waals surface area contributed by atoms with Crippen LogP contribution in [0.4, 0.5) is 11.6 Å². The lowest BCUT2D eigenvalue weighted by Crippen LogP contribution is -2.52. The summed E-state index contributed by atoms with van der Waals surface area (Å²) in [4.78, 5) is 28.8. The van der Waals surface area contributed by atoms with Crippen molar-refractivity contribution in [2.75, 3.05) is 49.1 Å². The summed E-state index contributed by atoms with van der Waals surface area (Å²) in [5.74, 6) is 3.57. The van der Waals surface area contributed by atoms with Gasteiger partial charge in [-0.05, 0) is 37.1 Å². The molecule has 37 heavy (non-hydrogen) atoms. The van der Waals surface area contributed by atoms with Crippen molar-refractivity contribution in [2.24, 2.45) is 5.92 Å². The molecule has 3 aromatic heterocycles. The van der Waals surface area contributed by atoms with Crippen molar-refractivity contribution in [3.8, 4) is 17.2 Å². The number of benzene rings is 1. The fourth-order valence-electron chi connectivity index (χ4n) is 5.25. The maximum atomic E-state index is 13.4. The van der Waals surface area contributed by atoms with Crippen LogP contribution in [0, 0.1) is 5.92 Å². The first kappa shape index (κ1) is 23.1. The Labute approximate surface area is 216 Å². The molecule has 4 aromatic rings. The molecule has 1 atom stereocenters. The topological polar surface area (TPSA) is 83.3 Å². The summed E-state index contributed by atoms with van der Waals surface area (Å²) in [6, 6.07) is 20.0. The Hall–Kier alpha value is -4.27. The number of amides is 1. The molecule has 0 radical (unpaired) electrons. The lowest BCUT2D eigenvalue weighted by Gasteiger charge is -2.39. The van der Waals surface area contributed by atoms with E-state index in [1.54, 1.807) is 6.20 Å². The maximum absolute atomic E-state index is 13.4. The van der Waals surface area contributed by atoms with Crippen LogP contribution in [0.15, 0.2) is 79.3 Å². The third kappa shape index (κ3) is 4.89. The Kier molecular flexibility index (Phi) is 6.49. The highest BCUT2D eigenvalue weighted by atomic mass is 16.2. The van der Waals surface area contributed by atoms with Crippen molar-refractivity contribution >= 4 is 17.5 Å². The number of imidazole rings is 1. The highest BCUT2D eigenvalue weighted by molar-refractivity contribution is 5.80. The number of piperidine rings is 1. The molecule has 2 aliphatic rings. The lowest BCUT2D eigenvalue weighted by atomic mass is 9.96. The first-order valence-electron chi connectivity index (χ1n) is 12.9. The first-order valence-corrected chi connectivity index (χ1v) is 12.9. The van der Waals surface area contributed by atoms with Gasteiger partial charge in [0.1, 0.15) is 11.6 Å². The monoisotopic (exact) mass is 494 g/mol. The van der Waals surface area contributed by atoms with Gasteiger partial charge in [0.05, 0.1) is 5.92 Å². The molecule has 6 rings (SSSR count). The second-order valence-electron chi connectivity index (χ2n) is 9.52. The van der Waals surface area contributed by atoms with E-state index >= 15 is 0 Å². The number of nitrogens with zero attached hydrogens (tertiary/aromatic N) is 8. The Morgan fingerprint density at radius 2 is 1.51 bits per heavy atom. The molecule has 0 aliphatic carbocycles. The SMILES string of the molecule is O=C(C1CCCN(c2ccc(-n3ccnc3-c3ccccc3)nn2)C1)N1CCN(c2ccccn2)CC1. The zero-order valence-corrected chi connectivity index (χ0v) is 20.7. The zero-order valence-electron chi connectivity index (χ0n) is 20.7. The van der Waals surface area contributed by atoms with Gasteiger partial charge in [0.15, 0.2) is 11.6 Å². The fraction of sp³-hybridized carbons (Fsp3) is 0.321. The molecule has 1 unspecified atom stereocenters. The summed E-state index contributed by atoms with van der Waals surface area (Å²) < 4.78 is 1.94. The van der Waals surface area contributed by atoms with Gasteiger partial charge in [-0.2, -0.15) is 0 Å². The number of carbonyl (C=O) groups excluding carboxylic acids is 1. The van der Waals surface area contributed by atoms with E-state index in [1.807, 2.05) is 82.5 Å². The summed E-state index contributed by atoms with van der Waals surface area (Å²) >= 11 is 0. The van der Waals surface area contributed by atoms with Crippen molar-refractivity contribution in [1.82, 2.24) is 29.6 Å². The maximum Gasteiger partial charge on any atom is 0.227 e. The number of rotatable bonds is 5. The zero-order chi connectivity index (χ0) is 25.0. The number of aromatic nitrogens is 5. The summed E-state index contributed by atoms with van der Waals surface area (Å²) in [7, 11) is 0. The molecule has 0 bridgehead atoms. The highest BCUT2D eigenvalue weighted by Gasteiger charge is 2.32. The molecule has 5 heterocycles. The van der Waals surface area contributed by atoms with Crippen LogP contribution in [0.3, 0.4) is 0 Å². The van der Waals surface area contributed by atoms with E-state index in [0.29, 0.717) is 6.54 Å². The van der Waals surface area contributed by atoms with Gasteiger partial charge < -0.3 is 14.7 Å². The fourth-order valence-corrected chi connectivity index (χ4v) is 5.25. The van der Waals surface area contributed by atoms with Crippen molar-refractivity contribution in [3.63, 3.8) is 0 Å². The van der Waals surface area contributed by atoms with Crippen LogP contribution in [-0.4, -0.2) is 74.8 Å². The van der Waals surface area contributed by atoms with Crippen LogP contribution in [-0.2, 0) is 4.79 Å². The number of carbonyl (C=O) groups is 1. The highest BCUT2D eigenvalue weighted by Crippen LogP contribution is 2.25. The van der Waals surface area contributed by atoms with E-state index in [1.165, 1.54) is 0 Å². The molecule has 9 nitrogen and oxygen atoms in total. The van der Waals surface area contributed by atoms with Gasteiger partial charge >= 0.3 is 0 Å². The van der Waals surface area contributed by atoms with Crippen LogP contribution in [0.5, 0.6) is 0 Å². The molecule has 0 N–H and O–H groups in total. The Bertz CT molecular complexity index is 1320. The molecule has 2 fully saturated rings. The number of hydrogen-bond acceptors (Lipinski definition) is 7. The molecule has 1 aromatic carbocycles. The van der Waals surface area contributed by atoms with Gasteiger partial charge in [0.25, 0.3) is 0 Å². The normalized spacial score (nSPS) is 18.2. The minimum absolute atomic E-state index is 0.0186. The third-order valence-corrected chi connectivity index (χ3v) is 7.22. The van der Waals surface area contributed by atoms with Crippen LogP contribution in [0.25, 0.3) is 17.2 Å². The quantitative estimate of drug-likeness (QED) is 0.421. The Morgan fingerprint density at radius 3 is 2.27 bits per heavy atom.